The van der Waals surface area contributed by atoms with Crippen molar-refractivity contribution in [3.8, 4) is 0 Å². The molecule has 1 unspecified atom stereocenters. The van der Waals surface area contributed by atoms with Crippen LogP contribution in [0.15, 0.2) is 11.6 Å². The van der Waals surface area contributed by atoms with Crippen LogP contribution < -0.4 is 0 Å². The van der Waals surface area contributed by atoms with Gasteiger partial charge in [0, 0.05) is 0 Å². The number of esters is 1. The van der Waals surface area contributed by atoms with Crippen molar-refractivity contribution in [3.63, 3.8) is 0 Å². The molecule has 78 valence electrons. The smallest absolute Gasteiger partial charge is 0.323 e. The Morgan fingerprint density at radius 2 is 2.21 bits per heavy atom. The first-order valence-electron chi connectivity index (χ1n) is 4.88. The summed E-state index contributed by atoms with van der Waals surface area (Å²) >= 11 is 0. The van der Waals surface area contributed by atoms with Crippen LogP contribution in [0.3, 0.4) is 0 Å². The molecule has 0 heterocycles. The predicted octanol–water partition coefficient (Wildman–Crippen LogP) is 1.86. The fraction of sp³-hybridized carbons (Fsp3) is 0.636. The van der Waals surface area contributed by atoms with Crippen molar-refractivity contribution in [3.05, 3.63) is 11.6 Å². The fourth-order valence-electron chi connectivity index (χ4n) is 2.20. The standard InChI is InChI=1S/C11H16O3/c1-4-9-6-5-7-11(9,8(2)12)10(13)14-3/h6H,4-5,7H2,1-3H3. The lowest BCUT2D eigenvalue weighted by molar-refractivity contribution is -0.154. The van der Waals surface area contributed by atoms with Crippen molar-refractivity contribution in [1.82, 2.24) is 0 Å². The third-order valence-electron chi connectivity index (χ3n) is 2.97. The summed E-state index contributed by atoms with van der Waals surface area (Å²) in [6.07, 6.45) is 4.07. The van der Waals surface area contributed by atoms with E-state index in [9.17, 15) is 9.59 Å². The van der Waals surface area contributed by atoms with E-state index >= 15 is 0 Å². The van der Waals surface area contributed by atoms with E-state index in [2.05, 4.69) is 0 Å². The fourth-order valence-corrected chi connectivity index (χ4v) is 2.20. The molecule has 0 amide bonds. The van der Waals surface area contributed by atoms with Gasteiger partial charge in [-0.2, -0.15) is 0 Å². The molecule has 0 N–H and O–H groups in total. The van der Waals surface area contributed by atoms with Gasteiger partial charge < -0.3 is 4.74 Å². The first kappa shape index (κ1) is 11.0. The predicted molar refractivity (Wildman–Crippen MR) is 52.7 cm³/mol. The summed E-state index contributed by atoms with van der Waals surface area (Å²) in [5, 5.41) is 0. The van der Waals surface area contributed by atoms with Crippen molar-refractivity contribution in [2.45, 2.75) is 33.1 Å². The molecule has 1 rings (SSSR count). The Kier molecular flexibility index (Phi) is 3.09. The van der Waals surface area contributed by atoms with Crippen molar-refractivity contribution in [1.29, 1.82) is 0 Å². The molecule has 1 aliphatic rings. The highest BCUT2D eigenvalue weighted by Gasteiger charge is 2.48. The van der Waals surface area contributed by atoms with Crippen LogP contribution in [0, 0.1) is 5.41 Å². The molecule has 1 aliphatic carbocycles. The maximum Gasteiger partial charge on any atom is 0.323 e. The number of allylic oxidation sites excluding steroid dienone is 1. The zero-order valence-electron chi connectivity index (χ0n) is 8.92. The van der Waals surface area contributed by atoms with E-state index in [1.54, 1.807) is 0 Å². The number of hydrogen-bond donors (Lipinski definition) is 0. The van der Waals surface area contributed by atoms with Crippen LogP contribution in [0.5, 0.6) is 0 Å². The molecular weight excluding hydrogens is 180 g/mol. The highest BCUT2D eigenvalue weighted by atomic mass is 16.5. The molecule has 0 aliphatic heterocycles. The van der Waals surface area contributed by atoms with Crippen LogP contribution in [0.2, 0.25) is 0 Å². The van der Waals surface area contributed by atoms with Gasteiger partial charge in [0.25, 0.3) is 0 Å². The maximum absolute atomic E-state index is 11.7. The molecule has 0 bridgehead atoms. The van der Waals surface area contributed by atoms with E-state index < -0.39 is 11.4 Å². The Bertz CT molecular complexity index is 291. The molecule has 0 saturated carbocycles. The second kappa shape index (κ2) is 3.95. The van der Waals surface area contributed by atoms with Crippen LogP contribution in [0.4, 0.5) is 0 Å². The largest absolute Gasteiger partial charge is 0.468 e. The molecule has 0 aromatic heterocycles. The number of methoxy groups -OCH3 is 1. The van der Waals surface area contributed by atoms with Gasteiger partial charge in [-0.3, -0.25) is 9.59 Å². The van der Waals surface area contributed by atoms with Gasteiger partial charge in [0.05, 0.1) is 7.11 Å². The third kappa shape index (κ3) is 1.37. The lowest BCUT2D eigenvalue weighted by Gasteiger charge is -2.26. The zero-order chi connectivity index (χ0) is 10.8. The Labute approximate surface area is 84.1 Å². The van der Waals surface area contributed by atoms with E-state index in [0.29, 0.717) is 6.42 Å². The number of rotatable bonds is 3. The molecule has 0 radical (unpaired) electrons. The third-order valence-corrected chi connectivity index (χ3v) is 2.97. The van der Waals surface area contributed by atoms with Crippen molar-refractivity contribution in [2.75, 3.05) is 7.11 Å². The van der Waals surface area contributed by atoms with Crippen molar-refractivity contribution < 1.29 is 14.3 Å². The molecule has 0 saturated heterocycles. The molecule has 0 fully saturated rings. The number of Topliss-reactive ketones (excluding diaryl/α,β-unsaturated/α-hetero) is 1. The van der Waals surface area contributed by atoms with Gasteiger partial charge in [-0.25, -0.2) is 0 Å². The first-order valence-corrected chi connectivity index (χ1v) is 4.88. The molecule has 3 heteroatoms. The molecule has 0 aromatic rings. The van der Waals surface area contributed by atoms with E-state index in [4.69, 9.17) is 4.74 Å². The number of hydrogen-bond acceptors (Lipinski definition) is 3. The molecule has 14 heavy (non-hydrogen) atoms. The lowest BCUT2D eigenvalue weighted by atomic mass is 9.76. The normalized spacial score (nSPS) is 25.8. The van der Waals surface area contributed by atoms with E-state index in [1.807, 2.05) is 13.0 Å². The quantitative estimate of drug-likeness (QED) is 0.393. The van der Waals surface area contributed by atoms with E-state index in [0.717, 1.165) is 18.4 Å². The highest BCUT2D eigenvalue weighted by Crippen LogP contribution is 2.42. The summed E-state index contributed by atoms with van der Waals surface area (Å²) in [6.45, 7) is 3.42. The van der Waals surface area contributed by atoms with Crippen LogP contribution in [-0.4, -0.2) is 18.9 Å². The number of ketones is 1. The lowest BCUT2D eigenvalue weighted by Crippen LogP contribution is -2.38. The summed E-state index contributed by atoms with van der Waals surface area (Å²) < 4.78 is 4.73. The molecule has 3 nitrogen and oxygen atoms in total. The average Bonchev–Trinajstić information content (AvgIpc) is 2.60. The van der Waals surface area contributed by atoms with Gasteiger partial charge in [-0.05, 0) is 31.8 Å². The molecular formula is C11H16O3. The topological polar surface area (TPSA) is 43.4 Å². The maximum atomic E-state index is 11.7. The van der Waals surface area contributed by atoms with Crippen LogP contribution in [0.1, 0.15) is 33.1 Å². The second-order valence-electron chi connectivity index (χ2n) is 3.57. The van der Waals surface area contributed by atoms with Gasteiger partial charge in [-0.15, -0.1) is 0 Å². The number of carbonyl (C=O) groups excluding carboxylic acids is 2. The Morgan fingerprint density at radius 1 is 1.57 bits per heavy atom. The first-order chi connectivity index (χ1) is 6.59. The van der Waals surface area contributed by atoms with Gasteiger partial charge in [0.2, 0.25) is 0 Å². The summed E-state index contributed by atoms with van der Waals surface area (Å²) in [5.74, 6) is -0.509. The highest BCUT2D eigenvalue weighted by molar-refractivity contribution is 6.06. The second-order valence-corrected chi connectivity index (χ2v) is 3.57. The SMILES string of the molecule is CCC1=CCCC1(C(C)=O)C(=O)OC. The summed E-state index contributed by atoms with van der Waals surface area (Å²) in [5.41, 5.74) is -0.0550. The number of carbonyl (C=O) groups is 2. The van der Waals surface area contributed by atoms with Gasteiger partial charge in [-0.1, -0.05) is 13.0 Å². The van der Waals surface area contributed by atoms with E-state index in [-0.39, 0.29) is 5.78 Å². The van der Waals surface area contributed by atoms with Crippen LogP contribution >= 0.6 is 0 Å². The minimum absolute atomic E-state index is 0.102. The molecule has 1 atom stereocenters. The summed E-state index contributed by atoms with van der Waals surface area (Å²) in [6, 6.07) is 0. The molecule has 0 spiro atoms. The Hall–Kier alpha value is -1.12. The molecule has 0 aromatic carbocycles. The minimum atomic E-state index is -0.969. The van der Waals surface area contributed by atoms with Gasteiger partial charge in [0.1, 0.15) is 5.41 Å². The van der Waals surface area contributed by atoms with Gasteiger partial charge >= 0.3 is 5.97 Å². The van der Waals surface area contributed by atoms with Crippen LogP contribution in [0.25, 0.3) is 0 Å². The zero-order valence-corrected chi connectivity index (χ0v) is 8.92. The van der Waals surface area contributed by atoms with Gasteiger partial charge in [0.15, 0.2) is 5.78 Å². The Morgan fingerprint density at radius 3 is 2.64 bits per heavy atom. The summed E-state index contributed by atoms with van der Waals surface area (Å²) in [4.78, 5) is 23.3. The minimum Gasteiger partial charge on any atom is -0.468 e. The van der Waals surface area contributed by atoms with Crippen molar-refractivity contribution in [2.24, 2.45) is 5.41 Å². The average molecular weight is 196 g/mol. The monoisotopic (exact) mass is 196 g/mol. The van der Waals surface area contributed by atoms with Crippen LogP contribution in [-0.2, 0) is 14.3 Å². The summed E-state index contributed by atoms with van der Waals surface area (Å²) in [7, 11) is 1.33. The number of ether oxygens (including phenoxy) is 1. The Balaban J connectivity index is 3.12. The van der Waals surface area contributed by atoms with Crippen molar-refractivity contribution >= 4 is 11.8 Å². The van der Waals surface area contributed by atoms with E-state index in [1.165, 1.54) is 14.0 Å².